The van der Waals surface area contributed by atoms with Gasteiger partial charge in [-0.3, -0.25) is 9.69 Å². The molecule has 2 heterocycles. The zero-order chi connectivity index (χ0) is 16.3. The van der Waals surface area contributed by atoms with Crippen LogP contribution in [0.25, 0.3) is 0 Å². The van der Waals surface area contributed by atoms with Gasteiger partial charge in [0.25, 0.3) is 5.91 Å². The number of hydrogen-bond acceptors (Lipinski definition) is 5. The van der Waals surface area contributed by atoms with E-state index < -0.39 is 6.10 Å². The zero-order valence-corrected chi connectivity index (χ0v) is 13.7. The Morgan fingerprint density at radius 1 is 1.26 bits per heavy atom. The summed E-state index contributed by atoms with van der Waals surface area (Å²) >= 11 is 0. The third-order valence-electron chi connectivity index (χ3n) is 4.36. The Hall–Kier alpha value is -1.79. The van der Waals surface area contributed by atoms with Gasteiger partial charge in [-0.2, -0.15) is 0 Å². The SMILES string of the molecule is CC(C)(CNC(=O)[C@@H]1COc2ccccc2O1)N1CCOCC1. The molecule has 1 saturated heterocycles. The lowest BCUT2D eigenvalue weighted by atomic mass is 10.0. The van der Waals surface area contributed by atoms with Gasteiger partial charge in [0.15, 0.2) is 11.5 Å². The van der Waals surface area contributed by atoms with Crippen LogP contribution < -0.4 is 14.8 Å². The van der Waals surface area contributed by atoms with Crippen molar-refractivity contribution >= 4 is 5.91 Å². The molecule has 2 aliphatic rings. The van der Waals surface area contributed by atoms with Crippen LogP contribution in [0.2, 0.25) is 0 Å². The number of rotatable bonds is 4. The largest absolute Gasteiger partial charge is 0.485 e. The van der Waals surface area contributed by atoms with Gasteiger partial charge < -0.3 is 19.5 Å². The second-order valence-corrected chi connectivity index (χ2v) is 6.49. The molecule has 0 aliphatic carbocycles. The molecule has 1 aromatic carbocycles. The van der Waals surface area contributed by atoms with Crippen LogP contribution in [-0.4, -0.2) is 61.9 Å². The van der Waals surface area contributed by atoms with Crippen LogP contribution in [0.1, 0.15) is 13.8 Å². The Morgan fingerprint density at radius 2 is 1.96 bits per heavy atom. The predicted octanol–water partition coefficient (Wildman–Crippen LogP) is 1.05. The highest BCUT2D eigenvalue weighted by atomic mass is 16.6. The lowest BCUT2D eigenvalue weighted by Gasteiger charge is -2.41. The van der Waals surface area contributed by atoms with E-state index in [-0.39, 0.29) is 18.1 Å². The minimum absolute atomic E-state index is 0.118. The summed E-state index contributed by atoms with van der Waals surface area (Å²) in [5, 5.41) is 2.99. The third kappa shape index (κ3) is 3.76. The number of morpholine rings is 1. The van der Waals surface area contributed by atoms with E-state index in [0.717, 1.165) is 26.3 Å². The van der Waals surface area contributed by atoms with E-state index in [9.17, 15) is 4.79 Å². The van der Waals surface area contributed by atoms with Crippen LogP contribution in [0.15, 0.2) is 24.3 Å². The van der Waals surface area contributed by atoms with E-state index in [2.05, 4.69) is 24.1 Å². The molecule has 1 aromatic rings. The van der Waals surface area contributed by atoms with Crippen molar-refractivity contribution in [2.75, 3.05) is 39.5 Å². The first-order valence-electron chi connectivity index (χ1n) is 8.05. The van der Waals surface area contributed by atoms with Gasteiger partial charge in [-0.25, -0.2) is 0 Å². The minimum Gasteiger partial charge on any atom is -0.485 e. The number of para-hydroxylation sites is 2. The third-order valence-corrected chi connectivity index (χ3v) is 4.36. The smallest absolute Gasteiger partial charge is 0.264 e. The maximum atomic E-state index is 12.4. The Morgan fingerprint density at radius 3 is 2.70 bits per heavy atom. The summed E-state index contributed by atoms with van der Waals surface area (Å²) in [5.41, 5.74) is -0.118. The van der Waals surface area contributed by atoms with Crippen molar-refractivity contribution < 1.29 is 19.0 Å². The van der Waals surface area contributed by atoms with Crippen LogP contribution in [0.4, 0.5) is 0 Å². The van der Waals surface area contributed by atoms with E-state index >= 15 is 0 Å². The second kappa shape index (κ2) is 6.76. The number of carbonyl (C=O) groups is 1. The Bertz CT molecular complexity index is 555. The number of benzene rings is 1. The van der Waals surface area contributed by atoms with E-state index in [0.29, 0.717) is 18.0 Å². The number of hydrogen-bond donors (Lipinski definition) is 1. The summed E-state index contributed by atoms with van der Waals surface area (Å²) < 4.78 is 16.7. The topological polar surface area (TPSA) is 60.0 Å². The van der Waals surface area contributed by atoms with E-state index in [1.807, 2.05) is 24.3 Å². The minimum atomic E-state index is -0.606. The summed E-state index contributed by atoms with van der Waals surface area (Å²) in [6.07, 6.45) is -0.606. The summed E-state index contributed by atoms with van der Waals surface area (Å²) in [7, 11) is 0. The Kier molecular flexibility index (Phi) is 4.73. The fourth-order valence-corrected chi connectivity index (χ4v) is 2.85. The zero-order valence-electron chi connectivity index (χ0n) is 13.7. The molecule has 1 fully saturated rings. The van der Waals surface area contributed by atoms with Gasteiger partial charge in [-0.15, -0.1) is 0 Å². The molecule has 0 spiro atoms. The highest BCUT2D eigenvalue weighted by Gasteiger charge is 2.31. The molecular weight excluding hydrogens is 296 g/mol. The Labute approximate surface area is 136 Å². The molecule has 2 aliphatic heterocycles. The molecular formula is C17H24N2O4. The van der Waals surface area contributed by atoms with Gasteiger partial charge in [-0.05, 0) is 26.0 Å². The quantitative estimate of drug-likeness (QED) is 0.899. The van der Waals surface area contributed by atoms with Crippen molar-refractivity contribution in [3.05, 3.63) is 24.3 Å². The molecule has 0 saturated carbocycles. The average molecular weight is 320 g/mol. The number of carbonyl (C=O) groups excluding carboxylic acids is 1. The molecule has 126 valence electrons. The number of nitrogens with one attached hydrogen (secondary N) is 1. The number of nitrogens with zero attached hydrogens (tertiary/aromatic N) is 1. The fraction of sp³-hybridized carbons (Fsp3) is 0.588. The summed E-state index contributed by atoms with van der Waals surface area (Å²) in [6, 6.07) is 7.40. The highest BCUT2D eigenvalue weighted by Crippen LogP contribution is 2.30. The summed E-state index contributed by atoms with van der Waals surface area (Å²) in [4.78, 5) is 14.7. The van der Waals surface area contributed by atoms with Gasteiger partial charge >= 0.3 is 0 Å². The molecule has 3 rings (SSSR count). The number of fused-ring (bicyclic) bond motifs is 1. The maximum Gasteiger partial charge on any atom is 0.264 e. The molecule has 0 radical (unpaired) electrons. The van der Waals surface area contributed by atoms with Crippen molar-refractivity contribution in [3.8, 4) is 11.5 Å². The molecule has 0 bridgehead atoms. The lowest BCUT2D eigenvalue weighted by Crippen LogP contribution is -2.57. The van der Waals surface area contributed by atoms with Gasteiger partial charge in [0.05, 0.1) is 13.2 Å². The van der Waals surface area contributed by atoms with Crippen molar-refractivity contribution in [1.82, 2.24) is 10.2 Å². The lowest BCUT2D eigenvalue weighted by molar-refractivity contribution is -0.131. The van der Waals surface area contributed by atoms with Crippen molar-refractivity contribution in [3.63, 3.8) is 0 Å². The van der Waals surface area contributed by atoms with Crippen LogP contribution in [0, 0.1) is 0 Å². The van der Waals surface area contributed by atoms with Gasteiger partial charge in [0.2, 0.25) is 6.10 Å². The molecule has 1 amide bonds. The normalized spacial score (nSPS) is 21.7. The highest BCUT2D eigenvalue weighted by molar-refractivity contribution is 5.81. The van der Waals surface area contributed by atoms with Gasteiger partial charge in [-0.1, -0.05) is 12.1 Å². The number of amides is 1. The second-order valence-electron chi connectivity index (χ2n) is 6.49. The molecule has 1 atom stereocenters. The van der Waals surface area contributed by atoms with Gasteiger partial charge in [0.1, 0.15) is 6.61 Å². The molecule has 6 heteroatoms. The van der Waals surface area contributed by atoms with Crippen molar-refractivity contribution in [2.45, 2.75) is 25.5 Å². The molecule has 0 unspecified atom stereocenters. The first-order valence-corrected chi connectivity index (χ1v) is 8.05. The first kappa shape index (κ1) is 16.1. The maximum absolute atomic E-state index is 12.4. The van der Waals surface area contributed by atoms with Gasteiger partial charge in [0, 0.05) is 25.2 Å². The standard InChI is InChI=1S/C17H24N2O4/c1-17(2,19-7-9-21-10-8-19)12-18-16(20)15-11-22-13-5-3-4-6-14(13)23-15/h3-6,15H,7-12H2,1-2H3,(H,18,20)/t15-/m0/s1. The fourth-order valence-electron chi connectivity index (χ4n) is 2.85. The molecule has 1 N–H and O–H groups in total. The van der Waals surface area contributed by atoms with E-state index in [4.69, 9.17) is 14.2 Å². The van der Waals surface area contributed by atoms with Crippen LogP contribution in [0.5, 0.6) is 11.5 Å². The summed E-state index contributed by atoms with van der Waals surface area (Å²) in [5.74, 6) is 1.16. The van der Waals surface area contributed by atoms with Crippen molar-refractivity contribution in [1.29, 1.82) is 0 Å². The van der Waals surface area contributed by atoms with E-state index in [1.54, 1.807) is 0 Å². The van der Waals surface area contributed by atoms with Crippen LogP contribution >= 0.6 is 0 Å². The van der Waals surface area contributed by atoms with Crippen LogP contribution in [0.3, 0.4) is 0 Å². The van der Waals surface area contributed by atoms with E-state index in [1.165, 1.54) is 0 Å². The average Bonchev–Trinajstić information content (AvgIpc) is 2.60. The first-order chi connectivity index (χ1) is 11.1. The monoisotopic (exact) mass is 320 g/mol. The number of ether oxygens (including phenoxy) is 3. The summed E-state index contributed by atoms with van der Waals surface area (Å²) in [6.45, 7) is 8.33. The van der Waals surface area contributed by atoms with Crippen LogP contribution in [-0.2, 0) is 9.53 Å². The Balaban J connectivity index is 1.53. The predicted molar refractivity (Wildman–Crippen MR) is 85.8 cm³/mol. The molecule has 23 heavy (non-hydrogen) atoms. The molecule has 6 nitrogen and oxygen atoms in total. The van der Waals surface area contributed by atoms with Crippen molar-refractivity contribution in [2.24, 2.45) is 0 Å². The molecule has 0 aromatic heterocycles.